The van der Waals surface area contributed by atoms with Crippen molar-refractivity contribution in [2.24, 2.45) is 5.73 Å². The van der Waals surface area contributed by atoms with Gasteiger partial charge in [-0.2, -0.15) is 0 Å². The first-order chi connectivity index (χ1) is 14.6. The first-order valence-corrected chi connectivity index (χ1v) is 11.4. The van der Waals surface area contributed by atoms with Crippen LogP contribution in [0, 0.1) is 13.8 Å². The van der Waals surface area contributed by atoms with Crippen molar-refractivity contribution >= 4 is 43.9 Å². The first kappa shape index (κ1) is 22.3. The van der Waals surface area contributed by atoms with Gasteiger partial charge in [-0.25, -0.2) is 8.42 Å². The fourth-order valence-corrected chi connectivity index (χ4v) is 5.05. The number of hydrogen-bond acceptors (Lipinski definition) is 6. The molecule has 2 amide bonds. The van der Waals surface area contributed by atoms with Gasteiger partial charge in [0.15, 0.2) is 0 Å². The number of methoxy groups -OCH3 is 1. The second-order valence-electron chi connectivity index (χ2n) is 6.63. The van der Waals surface area contributed by atoms with E-state index in [0.29, 0.717) is 16.3 Å². The maximum atomic E-state index is 12.9. The van der Waals surface area contributed by atoms with Crippen molar-refractivity contribution in [3.05, 3.63) is 70.1 Å². The summed E-state index contributed by atoms with van der Waals surface area (Å²) in [4.78, 5) is 25.6. The first-order valence-electron chi connectivity index (χ1n) is 9.11. The van der Waals surface area contributed by atoms with Crippen LogP contribution in [0.4, 0.5) is 10.7 Å². The van der Waals surface area contributed by atoms with Gasteiger partial charge in [0.05, 0.1) is 28.8 Å². The predicted molar refractivity (Wildman–Crippen MR) is 121 cm³/mol. The SMILES string of the molecule is COc1ccc(S(=O)(=O)Nc2ccccc2C(=O)Nc2sc(C)c(C)c2C(N)=O)cc1. The van der Waals surface area contributed by atoms with Crippen molar-refractivity contribution in [3.8, 4) is 5.75 Å². The summed E-state index contributed by atoms with van der Waals surface area (Å²) in [5.41, 5.74) is 6.59. The molecule has 0 fully saturated rings. The summed E-state index contributed by atoms with van der Waals surface area (Å²) in [6.07, 6.45) is 0. The number of carbonyl (C=O) groups is 2. The largest absolute Gasteiger partial charge is 0.497 e. The van der Waals surface area contributed by atoms with Crippen LogP contribution in [0.15, 0.2) is 53.4 Å². The lowest BCUT2D eigenvalue weighted by Crippen LogP contribution is -2.20. The van der Waals surface area contributed by atoms with E-state index in [-0.39, 0.29) is 21.7 Å². The molecule has 31 heavy (non-hydrogen) atoms. The molecule has 162 valence electrons. The van der Waals surface area contributed by atoms with Gasteiger partial charge in [-0.05, 0) is 55.8 Å². The highest BCUT2D eigenvalue weighted by Crippen LogP contribution is 2.33. The van der Waals surface area contributed by atoms with Gasteiger partial charge in [-0.3, -0.25) is 14.3 Å². The quantitative estimate of drug-likeness (QED) is 0.498. The van der Waals surface area contributed by atoms with Gasteiger partial charge >= 0.3 is 0 Å². The Morgan fingerprint density at radius 2 is 1.68 bits per heavy atom. The lowest BCUT2D eigenvalue weighted by molar-refractivity contribution is 0.100. The average Bonchev–Trinajstić information content (AvgIpc) is 3.01. The number of carbonyl (C=O) groups excluding carboxylic acids is 2. The summed E-state index contributed by atoms with van der Waals surface area (Å²) in [7, 11) is -2.47. The Labute approximate surface area is 184 Å². The zero-order valence-corrected chi connectivity index (χ0v) is 18.7. The van der Waals surface area contributed by atoms with Crippen LogP contribution >= 0.6 is 11.3 Å². The number of ether oxygens (including phenoxy) is 1. The summed E-state index contributed by atoms with van der Waals surface area (Å²) >= 11 is 1.23. The maximum absolute atomic E-state index is 12.9. The lowest BCUT2D eigenvalue weighted by atomic mass is 10.1. The number of aryl methyl sites for hydroxylation is 1. The third-order valence-corrected chi connectivity index (χ3v) is 7.15. The number of sulfonamides is 1. The fraction of sp³-hybridized carbons (Fsp3) is 0.143. The number of benzene rings is 2. The van der Waals surface area contributed by atoms with Gasteiger partial charge < -0.3 is 15.8 Å². The number of rotatable bonds is 7. The molecule has 0 spiro atoms. The van der Waals surface area contributed by atoms with E-state index in [1.54, 1.807) is 19.1 Å². The highest BCUT2D eigenvalue weighted by molar-refractivity contribution is 7.92. The van der Waals surface area contributed by atoms with Gasteiger partial charge in [0.25, 0.3) is 21.8 Å². The molecule has 3 aromatic rings. The number of primary amides is 1. The topological polar surface area (TPSA) is 128 Å². The van der Waals surface area contributed by atoms with Crippen LogP contribution in [-0.4, -0.2) is 27.3 Å². The Hall–Kier alpha value is -3.37. The lowest BCUT2D eigenvalue weighted by Gasteiger charge is -2.13. The zero-order valence-electron chi connectivity index (χ0n) is 17.1. The highest BCUT2D eigenvalue weighted by atomic mass is 32.2. The monoisotopic (exact) mass is 459 g/mol. The molecular formula is C21H21N3O5S2. The third-order valence-electron chi connectivity index (χ3n) is 4.64. The maximum Gasteiger partial charge on any atom is 0.261 e. The Kier molecular flexibility index (Phi) is 6.32. The summed E-state index contributed by atoms with van der Waals surface area (Å²) in [5.74, 6) is -0.701. The number of anilines is 2. The molecular weight excluding hydrogens is 438 g/mol. The number of amides is 2. The molecule has 4 N–H and O–H groups in total. The van der Waals surface area contributed by atoms with Crippen LogP contribution < -0.4 is 20.5 Å². The van der Waals surface area contributed by atoms with Crippen molar-refractivity contribution in [2.45, 2.75) is 18.7 Å². The molecule has 2 aromatic carbocycles. The molecule has 10 heteroatoms. The number of nitrogens with one attached hydrogen (secondary N) is 2. The van der Waals surface area contributed by atoms with Crippen molar-refractivity contribution in [3.63, 3.8) is 0 Å². The van der Waals surface area contributed by atoms with Crippen LogP contribution in [0.3, 0.4) is 0 Å². The second kappa shape index (κ2) is 8.78. The molecule has 0 aliphatic heterocycles. The zero-order chi connectivity index (χ0) is 22.8. The minimum atomic E-state index is -3.95. The van der Waals surface area contributed by atoms with Crippen molar-refractivity contribution in [2.75, 3.05) is 17.1 Å². The van der Waals surface area contributed by atoms with Crippen molar-refractivity contribution in [1.82, 2.24) is 0 Å². The van der Waals surface area contributed by atoms with Crippen LogP contribution in [0.1, 0.15) is 31.2 Å². The smallest absolute Gasteiger partial charge is 0.261 e. The van der Waals surface area contributed by atoms with Crippen molar-refractivity contribution in [1.29, 1.82) is 0 Å². The van der Waals surface area contributed by atoms with E-state index in [9.17, 15) is 18.0 Å². The Morgan fingerprint density at radius 3 is 2.29 bits per heavy atom. The molecule has 1 aromatic heterocycles. The number of nitrogens with two attached hydrogens (primary N) is 1. The highest BCUT2D eigenvalue weighted by Gasteiger charge is 2.22. The van der Waals surface area contributed by atoms with Crippen LogP contribution in [0.5, 0.6) is 5.75 Å². The predicted octanol–water partition coefficient (Wildman–Crippen LogP) is 3.53. The number of para-hydroxylation sites is 1. The number of thiophene rings is 1. The molecule has 0 aliphatic carbocycles. The van der Waals surface area contributed by atoms with E-state index in [1.807, 2.05) is 6.92 Å². The van der Waals surface area contributed by atoms with Crippen LogP contribution in [0.25, 0.3) is 0 Å². The van der Waals surface area contributed by atoms with Crippen LogP contribution in [0.2, 0.25) is 0 Å². The molecule has 0 aliphatic rings. The minimum Gasteiger partial charge on any atom is -0.497 e. The molecule has 0 unspecified atom stereocenters. The van der Waals surface area contributed by atoms with Crippen molar-refractivity contribution < 1.29 is 22.7 Å². The normalized spacial score (nSPS) is 11.1. The summed E-state index contributed by atoms with van der Waals surface area (Å²) in [5, 5.41) is 3.00. The van der Waals surface area contributed by atoms with E-state index >= 15 is 0 Å². The third kappa shape index (κ3) is 4.70. The summed E-state index contributed by atoms with van der Waals surface area (Å²) in [6.45, 7) is 3.57. The molecule has 0 radical (unpaired) electrons. The number of hydrogen-bond donors (Lipinski definition) is 3. The Bertz CT molecular complexity index is 1250. The summed E-state index contributed by atoms with van der Waals surface area (Å²) in [6, 6.07) is 12.0. The van der Waals surface area contributed by atoms with E-state index < -0.39 is 21.8 Å². The van der Waals surface area contributed by atoms with Gasteiger partial charge in [0, 0.05) is 4.88 Å². The second-order valence-corrected chi connectivity index (χ2v) is 9.54. The van der Waals surface area contributed by atoms with Gasteiger partial charge in [-0.1, -0.05) is 12.1 Å². The minimum absolute atomic E-state index is 0.0176. The molecule has 1 heterocycles. The van der Waals surface area contributed by atoms with E-state index in [2.05, 4.69) is 10.0 Å². The van der Waals surface area contributed by atoms with Gasteiger partial charge in [0.1, 0.15) is 10.8 Å². The molecule has 0 saturated carbocycles. The van der Waals surface area contributed by atoms with Gasteiger partial charge in [0.2, 0.25) is 0 Å². The molecule has 0 atom stereocenters. The molecule has 0 bridgehead atoms. The van der Waals surface area contributed by atoms with Gasteiger partial charge in [-0.15, -0.1) is 11.3 Å². The standard InChI is InChI=1S/C21H21N3O5S2/c1-12-13(2)30-21(18(12)19(22)25)23-20(26)16-6-4-5-7-17(16)24-31(27,28)15-10-8-14(29-3)9-11-15/h4-11,24H,1-3H3,(H2,22,25)(H,23,26). The molecule has 3 rings (SSSR count). The fourth-order valence-electron chi connectivity index (χ4n) is 2.91. The summed E-state index contributed by atoms with van der Waals surface area (Å²) < 4.78 is 33.1. The molecule has 8 nitrogen and oxygen atoms in total. The van der Waals surface area contributed by atoms with Crippen LogP contribution in [-0.2, 0) is 10.0 Å². The Morgan fingerprint density at radius 1 is 1.03 bits per heavy atom. The Balaban J connectivity index is 1.91. The van der Waals surface area contributed by atoms with E-state index in [0.717, 1.165) is 4.88 Å². The van der Waals surface area contributed by atoms with E-state index in [4.69, 9.17) is 10.5 Å². The average molecular weight is 460 g/mol. The van der Waals surface area contributed by atoms with E-state index in [1.165, 1.54) is 54.8 Å². The molecule has 0 saturated heterocycles.